The lowest BCUT2D eigenvalue weighted by Crippen LogP contribution is -2.00. The maximum atomic E-state index is 6.57. The quantitative estimate of drug-likeness (QED) is 0.176. The van der Waals surface area contributed by atoms with Gasteiger partial charge < -0.3 is 8.98 Å². The molecule has 266 valence electrons. The summed E-state index contributed by atoms with van der Waals surface area (Å²) in [5.74, 6) is 1.85. The van der Waals surface area contributed by atoms with Crippen LogP contribution in [0.4, 0.5) is 0 Å². The van der Waals surface area contributed by atoms with E-state index in [1.54, 1.807) is 11.3 Å². The number of thiophene rings is 1. The number of hydrogen-bond donors (Lipinski definition) is 0. The molecule has 0 bridgehead atoms. The summed E-state index contributed by atoms with van der Waals surface area (Å²) in [4.78, 5) is 15.5. The predicted molar refractivity (Wildman–Crippen MR) is 236 cm³/mol. The molecule has 4 aromatic heterocycles. The molecule has 0 radical (unpaired) electrons. The Balaban J connectivity index is 1.08. The molecule has 0 saturated carbocycles. The highest BCUT2D eigenvalue weighted by Crippen LogP contribution is 2.42. The molecule has 5 nitrogen and oxygen atoms in total. The van der Waals surface area contributed by atoms with Crippen LogP contribution in [0.25, 0.3) is 115 Å². The van der Waals surface area contributed by atoms with Crippen molar-refractivity contribution < 1.29 is 4.42 Å². The van der Waals surface area contributed by atoms with Gasteiger partial charge in [-0.25, -0.2) is 15.0 Å². The van der Waals surface area contributed by atoms with Crippen LogP contribution in [0.1, 0.15) is 0 Å². The first-order valence-corrected chi connectivity index (χ1v) is 19.8. The lowest BCUT2D eigenvalue weighted by Gasteiger charge is -2.10. The molecule has 12 rings (SSSR count). The van der Waals surface area contributed by atoms with Crippen LogP contribution in [0.5, 0.6) is 0 Å². The number of benzene rings is 8. The van der Waals surface area contributed by atoms with Gasteiger partial charge in [0.2, 0.25) is 0 Å². The molecule has 8 aromatic carbocycles. The smallest absolute Gasteiger partial charge is 0.164 e. The zero-order chi connectivity index (χ0) is 37.5. The van der Waals surface area contributed by atoms with Crippen molar-refractivity contribution in [2.75, 3.05) is 0 Å². The molecule has 0 aliphatic rings. The van der Waals surface area contributed by atoms with Gasteiger partial charge in [0, 0.05) is 64.1 Å². The Labute approximate surface area is 330 Å². The molecule has 0 fully saturated rings. The van der Waals surface area contributed by atoms with Crippen molar-refractivity contribution in [2.45, 2.75) is 0 Å². The van der Waals surface area contributed by atoms with Crippen LogP contribution >= 0.6 is 11.3 Å². The van der Waals surface area contributed by atoms with Crippen molar-refractivity contribution in [2.24, 2.45) is 0 Å². The van der Waals surface area contributed by atoms with E-state index in [1.807, 2.05) is 42.5 Å². The molecular formula is C51H30N4OS. The highest BCUT2D eigenvalue weighted by atomic mass is 32.1. The first-order chi connectivity index (χ1) is 28.2. The van der Waals surface area contributed by atoms with Crippen LogP contribution < -0.4 is 0 Å². The molecule has 0 spiro atoms. The second kappa shape index (κ2) is 12.6. The van der Waals surface area contributed by atoms with Gasteiger partial charge in [0.25, 0.3) is 0 Å². The maximum Gasteiger partial charge on any atom is 0.164 e. The Morgan fingerprint density at radius 3 is 1.91 bits per heavy atom. The van der Waals surface area contributed by atoms with Gasteiger partial charge in [-0.2, -0.15) is 0 Å². The lowest BCUT2D eigenvalue weighted by molar-refractivity contribution is 0.669. The lowest BCUT2D eigenvalue weighted by atomic mass is 9.99. The van der Waals surface area contributed by atoms with E-state index in [1.165, 1.54) is 42.1 Å². The summed E-state index contributed by atoms with van der Waals surface area (Å²) in [7, 11) is 0. The molecule has 0 amide bonds. The number of nitrogens with zero attached hydrogens (tertiary/aromatic N) is 4. The van der Waals surface area contributed by atoms with Crippen LogP contribution in [0.15, 0.2) is 186 Å². The van der Waals surface area contributed by atoms with Gasteiger partial charge in [-0.05, 0) is 59.7 Å². The topological polar surface area (TPSA) is 56.7 Å². The molecule has 0 aliphatic carbocycles. The zero-order valence-electron chi connectivity index (χ0n) is 30.4. The van der Waals surface area contributed by atoms with Gasteiger partial charge in [-0.3, -0.25) is 0 Å². The minimum absolute atomic E-state index is 0.596. The van der Waals surface area contributed by atoms with E-state index in [0.29, 0.717) is 17.5 Å². The van der Waals surface area contributed by atoms with Crippen LogP contribution in [-0.2, 0) is 0 Å². The van der Waals surface area contributed by atoms with Crippen molar-refractivity contribution in [3.05, 3.63) is 182 Å². The minimum atomic E-state index is 0.596. The van der Waals surface area contributed by atoms with Crippen molar-refractivity contribution in [3.8, 4) is 51.0 Å². The highest BCUT2D eigenvalue weighted by molar-refractivity contribution is 7.25. The van der Waals surface area contributed by atoms with Gasteiger partial charge in [0.05, 0.1) is 11.0 Å². The molecule has 4 heterocycles. The summed E-state index contributed by atoms with van der Waals surface area (Å²) in [6.45, 7) is 0. The summed E-state index contributed by atoms with van der Waals surface area (Å²) in [5, 5.41) is 6.92. The molecule has 0 aliphatic heterocycles. The van der Waals surface area contributed by atoms with Crippen molar-refractivity contribution in [1.82, 2.24) is 19.5 Å². The van der Waals surface area contributed by atoms with Gasteiger partial charge in [-0.1, -0.05) is 133 Å². The molecule has 0 saturated heterocycles. The highest BCUT2D eigenvalue weighted by Gasteiger charge is 2.21. The summed E-state index contributed by atoms with van der Waals surface area (Å²) in [5.41, 5.74) is 10.1. The molecule has 0 unspecified atom stereocenters. The summed E-state index contributed by atoms with van der Waals surface area (Å²) in [6.07, 6.45) is 0. The Morgan fingerprint density at radius 1 is 0.386 bits per heavy atom. The number of aromatic nitrogens is 4. The van der Waals surface area contributed by atoms with Gasteiger partial charge in [0.1, 0.15) is 11.2 Å². The third-order valence-corrected chi connectivity index (χ3v) is 12.2. The SMILES string of the molecule is c1ccc(-c2nc(-c3ccc4c(c3)sc3ccccc34)nc(-c3cccc4oc5ccc(-n6c7ccccc7c7c(-c8ccccc8)cccc76)cc5c34)n2)cc1. The second-order valence-corrected chi connectivity index (χ2v) is 15.4. The number of hydrogen-bond acceptors (Lipinski definition) is 5. The third kappa shape index (κ3) is 5.04. The number of furan rings is 1. The van der Waals surface area contributed by atoms with Gasteiger partial charge in [-0.15, -0.1) is 11.3 Å². The monoisotopic (exact) mass is 746 g/mol. The third-order valence-electron chi connectivity index (χ3n) is 11.1. The van der Waals surface area contributed by atoms with Gasteiger partial charge in [0.15, 0.2) is 17.5 Å². The summed E-state index contributed by atoms with van der Waals surface area (Å²) >= 11 is 1.79. The number of rotatable bonds is 5. The van der Waals surface area contributed by atoms with Crippen molar-refractivity contribution >= 4 is 75.3 Å². The molecule has 0 N–H and O–H groups in total. The Bertz CT molecular complexity index is 3530. The van der Waals surface area contributed by atoms with E-state index >= 15 is 0 Å². The van der Waals surface area contributed by atoms with E-state index in [4.69, 9.17) is 19.4 Å². The Hall–Kier alpha value is -7.41. The first-order valence-electron chi connectivity index (χ1n) is 19.0. The number of para-hydroxylation sites is 1. The zero-order valence-corrected chi connectivity index (χ0v) is 31.2. The Kier molecular flexibility index (Phi) is 7.03. The fraction of sp³-hybridized carbons (Fsp3) is 0. The maximum absolute atomic E-state index is 6.57. The fourth-order valence-electron chi connectivity index (χ4n) is 8.50. The predicted octanol–water partition coefficient (Wildman–Crippen LogP) is 13.9. The van der Waals surface area contributed by atoms with E-state index in [-0.39, 0.29) is 0 Å². The molecule has 0 atom stereocenters. The van der Waals surface area contributed by atoms with E-state index in [9.17, 15) is 0 Å². The van der Waals surface area contributed by atoms with E-state index in [0.717, 1.165) is 55.3 Å². The number of fused-ring (bicyclic) bond motifs is 9. The molecule has 12 aromatic rings. The van der Waals surface area contributed by atoms with E-state index < -0.39 is 0 Å². The van der Waals surface area contributed by atoms with E-state index in [2.05, 4.69) is 144 Å². The van der Waals surface area contributed by atoms with Crippen LogP contribution in [0, 0.1) is 0 Å². The molecule has 57 heavy (non-hydrogen) atoms. The average molecular weight is 747 g/mol. The summed E-state index contributed by atoms with van der Waals surface area (Å²) < 4.78 is 11.4. The van der Waals surface area contributed by atoms with Crippen molar-refractivity contribution in [1.29, 1.82) is 0 Å². The van der Waals surface area contributed by atoms with Crippen molar-refractivity contribution in [3.63, 3.8) is 0 Å². The molecular weight excluding hydrogens is 717 g/mol. The van der Waals surface area contributed by atoms with Crippen LogP contribution in [-0.4, -0.2) is 19.5 Å². The van der Waals surface area contributed by atoms with Crippen LogP contribution in [0.2, 0.25) is 0 Å². The normalized spacial score (nSPS) is 11.9. The Morgan fingerprint density at radius 2 is 1.05 bits per heavy atom. The standard InChI is InChI=1S/C51H30N4OS/c1-3-13-31(14-4-1)35-19-11-22-42-47(35)38-18-7-9-21-41(38)55(42)34-26-28-43-40(30-34)48-39(20-12-23-44(48)56-43)51-53-49(32-15-5-2-6-16-32)52-50(54-51)33-25-27-37-36-17-8-10-24-45(36)57-46(37)29-33/h1-30H. The second-order valence-electron chi connectivity index (χ2n) is 14.4. The first kappa shape index (κ1) is 31.9. The minimum Gasteiger partial charge on any atom is -0.456 e. The van der Waals surface area contributed by atoms with Crippen LogP contribution in [0.3, 0.4) is 0 Å². The molecule has 6 heteroatoms. The average Bonchev–Trinajstić information content (AvgIpc) is 3.96. The largest absolute Gasteiger partial charge is 0.456 e. The van der Waals surface area contributed by atoms with Gasteiger partial charge >= 0.3 is 0 Å². The fourth-order valence-corrected chi connectivity index (χ4v) is 9.65. The summed E-state index contributed by atoms with van der Waals surface area (Å²) in [6, 6.07) is 63.8.